The summed E-state index contributed by atoms with van der Waals surface area (Å²) in [5.74, 6) is -1.54. The fraction of sp³-hybridized carbons (Fsp3) is 0.188. The Labute approximate surface area is 143 Å². The predicted octanol–water partition coefficient (Wildman–Crippen LogP) is 3.11. The Morgan fingerprint density at radius 2 is 1.64 bits per heavy atom. The maximum absolute atomic E-state index is 13.2. The van der Waals surface area contributed by atoms with Gasteiger partial charge in [-0.05, 0) is 37.3 Å². The van der Waals surface area contributed by atoms with Crippen molar-refractivity contribution in [2.24, 2.45) is 5.16 Å². The number of nitrogens with zero attached hydrogens (tertiary/aromatic N) is 1. The first-order valence-corrected chi connectivity index (χ1v) is 8.35. The highest BCUT2D eigenvalue weighted by atomic mass is 32.2. The number of oxime groups is 1. The van der Waals surface area contributed by atoms with Gasteiger partial charge < -0.3 is 9.47 Å². The second kappa shape index (κ2) is 7.47. The minimum absolute atomic E-state index is 0.0583. The molecular formula is C16H15F2NO5S. The number of halogens is 2. The van der Waals surface area contributed by atoms with Crippen LogP contribution in [-0.4, -0.2) is 28.3 Å². The van der Waals surface area contributed by atoms with Crippen LogP contribution in [0.1, 0.15) is 12.5 Å². The van der Waals surface area contributed by atoms with Crippen molar-refractivity contribution in [3.8, 4) is 11.5 Å². The third-order valence-electron chi connectivity index (χ3n) is 3.25. The topological polar surface area (TPSA) is 74.2 Å². The van der Waals surface area contributed by atoms with Crippen molar-refractivity contribution in [2.45, 2.75) is 11.8 Å². The van der Waals surface area contributed by atoms with Crippen molar-refractivity contribution in [2.75, 3.05) is 14.2 Å². The minimum atomic E-state index is -4.23. The van der Waals surface area contributed by atoms with E-state index in [-0.39, 0.29) is 21.9 Å². The van der Waals surface area contributed by atoms with E-state index in [0.29, 0.717) is 5.75 Å². The molecule has 0 spiro atoms. The van der Waals surface area contributed by atoms with Crippen molar-refractivity contribution < 1.29 is 31.0 Å². The molecule has 0 unspecified atom stereocenters. The molecule has 0 aromatic heterocycles. The first-order valence-electron chi connectivity index (χ1n) is 6.94. The molecule has 0 fully saturated rings. The Balaban J connectivity index is 2.27. The summed E-state index contributed by atoms with van der Waals surface area (Å²) in [5.41, 5.74) is 0.240. The van der Waals surface area contributed by atoms with Gasteiger partial charge in [0.05, 0.1) is 19.9 Å². The van der Waals surface area contributed by atoms with Crippen molar-refractivity contribution >= 4 is 15.8 Å². The van der Waals surface area contributed by atoms with Crippen LogP contribution in [0.2, 0.25) is 0 Å². The maximum atomic E-state index is 13.2. The average Bonchev–Trinajstić information content (AvgIpc) is 2.61. The molecule has 25 heavy (non-hydrogen) atoms. The molecule has 6 nitrogen and oxygen atoms in total. The molecule has 0 amide bonds. The minimum Gasteiger partial charge on any atom is -0.493 e. The molecular weight excluding hydrogens is 356 g/mol. The molecule has 0 atom stereocenters. The van der Waals surface area contributed by atoms with Crippen LogP contribution in [0, 0.1) is 11.6 Å². The first-order chi connectivity index (χ1) is 11.8. The Bertz CT molecular complexity index is 913. The molecule has 0 saturated heterocycles. The average molecular weight is 371 g/mol. The van der Waals surface area contributed by atoms with E-state index in [1.54, 1.807) is 0 Å². The molecule has 0 radical (unpaired) electrons. The number of benzene rings is 2. The highest BCUT2D eigenvalue weighted by molar-refractivity contribution is 7.86. The van der Waals surface area contributed by atoms with E-state index in [0.717, 1.165) is 12.1 Å². The van der Waals surface area contributed by atoms with Gasteiger partial charge in [-0.2, -0.15) is 8.42 Å². The van der Waals surface area contributed by atoms with Crippen molar-refractivity contribution in [1.82, 2.24) is 0 Å². The van der Waals surface area contributed by atoms with Crippen molar-refractivity contribution in [1.29, 1.82) is 0 Å². The zero-order valence-electron chi connectivity index (χ0n) is 13.6. The van der Waals surface area contributed by atoms with Gasteiger partial charge in [-0.15, -0.1) is 0 Å². The van der Waals surface area contributed by atoms with E-state index < -0.39 is 21.8 Å². The summed E-state index contributed by atoms with van der Waals surface area (Å²) in [6.45, 7) is 1.40. The summed E-state index contributed by atoms with van der Waals surface area (Å²) >= 11 is 0. The number of hydrogen-bond donors (Lipinski definition) is 0. The van der Waals surface area contributed by atoms with E-state index in [2.05, 4.69) is 9.44 Å². The molecule has 2 aromatic rings. The summed E-state index contributed by atoms with van der Waals surface area (Å²) < 4.78 is 65.2. The van der Waals surface area contributed by atoms with E-state index in [1.165, 1.54) is 45.4 Å². The summed E-state index contributed by atoms with van der Waals surface area (Å²) in [7, 11) is -1.45. The van der Waals surface area contributed by atoms with Gasteiger partial charge in [0, 0.05) is 11.6 Å². The molecule has 2 aromatic carbocycles. The SMILES string of the molecule is COc1ccc(S(=O)(=O)ON=C(C)c2ccc(F)c(F)c2)cc1OC. The fourth-order valence-electron chi connectivity index (χ4n) is 1.89. The quantitative estimate of drug-likeness (QED) is 0.576. The van der Waals surface area contributed by atoms with Crippen LogP contribution in [-0.2, 0) is 14.4 Å². The summed E-state index contributed by atoms with van der Waals surface area (Å²) in [5, 5.41) is 3.48. The van der Waals surface area contributed by atoms with Crippen LogP contribution >= 0.6 is 0 Å². The molecule has 0 aliphatic heterocycles. The summed E-state index contributed by atoms with van der Waals surface area (Å²) in [4.78, 5) is -0.202. The van der Waals surface area contributed by atoms with Gasteiger partial charge in [0.2, 0.25) is 0 Å². The molecule has 9 heteroatoms. The third-order valence-corrected chi connectivity index (χ3v) is 4.36. The number of methoxy groups -OCH3 is 2. The van der Waals surface area contributed by atoms with Gasteiger partial charge in [-0.1, -0.05) is 5.16 Å². The highest BCUT2D eigenvalue weighted by Gasteiger charge is 2.19. The Morgan fingerprint density at radius 3 is 2.24 bits per heavy atom. The number of hydrogen-bond acceptors (Lipinski definition) is 6. The van der Waals surface area contributed by atoms with Gasteiger partial charge >= 0.3 is 10.1 Å². The molecule has 2 rings (SSSR count). The lowest BCUT2D eigenvalue weighted by Gasteiger charge is -2.09. The Kier molecular flexibility index (Phi) is 5.58. The monoisotopic (exact) mass is 371 g/mol. The van der Waals surface area contributed by atoms with Crippen LogP contribution in [0.5, 0.6) is 11.5 Å². The second-order valence-corrected chi connectivity index (χ2v) is 6.38. The lowest BCUT2D eigenvalue weighted by molar-refractivity contribution is 0.336. The second-order valence-electron chi connectivity index (χ2n) is 4.85. The molecule has 0 aliphatic carbocycles. The first kappa shape index (κ1) is 18.7. The van der Waals surface area contributed by atoms with Gasteiger partial charge in [0.25, 0.3) is 0 Å². The zero-order chi connectivity index (χ0) is 18.6. The van der Waals surface area contributed by atoms with Crippen LogP contribution in [0.25, 0.3) is 0 Å². The maximum Gasteiger partial charge on any atom is 0.358 e. The Morgan fingerprint density at radius 1 is 0.960 bits per heavy atom. The smallest absolute Gasteiger partial charge is 0.358 e. The lowest BCUT2D eigenvalue weighted by atomic mass is 10.1. The lowest BCUT2D eigenvalue weighted by Crippen LogP contribution is -2.06. The van der Waals surface area contributed by atoms with Gasteiger partial charge in [0.15, 0.2) is 23.1 Å². The van der Waals surface area contributed by atoms with Gasteiger partial charge in [0.1, 0.15) is 4.90 Å². The molecule has 0 bridgehead atoms. The van der Waals surface area contributed by atoms with Crippen molar-refractivity contribution in [3.05, 3.63) is 53.6 Å². The van der Waals surface area contributed by atoms with E-state index in [9.17, 15) is 17.2 Å². The van der Waals surface area contributed by atoms with Crippen LogP contribution in [0.15, 0.2) is 46.4 Å². The normalized spacial score (nSPS) is 12.0. The Hall–Kier alpha value is -2.68. The molecule has 0 aliphatic rings. The molecule has 0 saturated carbocycles. The highest BCUT2D eigenvalue weighted by Crippen LogP contribution is 2.30. The van der Waals surface area contributed by atoms with Gasteiger partial charge in [-0.25, -0.2) is 8.78 Å². The third kappa shape index (κ3) is 4.24. The molecule has 0 heterocycles. The molecule has 0 N–H and O–H groups in total. The number of ether oxygens (including phenoxy) is 2. The zero-order valence-corrected chi connectivity index (χ0v) is 14.4. The molecule has 134 valence electrons. The van der Waals surface area contributed by atoms with E-state index in [1.807, 2.05) is 0 Å². The largest absolute Gasteiger partial charge is 0.493 e. The standard InChI is InChI=1S/C16H15F2NO5S/c1-10(11-4-6-13(17)14(18)8-11)19-24-25(20,21)12-5-7-15(22-2)16(9-12)23-3/h4-9H,1-3H3. The predicted molar refractivity (Wildman–Crippen MR) is 86.4 cm³/mol. The van der Waals surface area contributed by atoms with Gasteiger partial charge in [-0.3, -0.25) is 4.28 Å². The summed E-state index contributed by atoms with van der Waals surface area (Å²) in [6.07, 6.45) is 0. The van der Waals surface area contributed by atoms with Crippen LogP contribution in [0.3, 0.4) is 0 Å². The number of rotatable bonds is 6. The van der Waals surface area contributed by atoms with E-state index >= 15 is 0 Å². The van der Waals surface area contributed by atoms with Crippen LogP contribution < -0.4 is 9.47 Å². The van der Waals surface area contributed by atoms with Crippen molar-refractivity contribution in [3.63, 3.8) is 0 Å². The van der Waals surface area contributed by atoms with Crippen LogP contribution in [0.4, 0.5) is 8.78 Å². The summed E-state index contributed by atoms with van der Waals surface area (Å²) in [6, 6.07) is 6.94. The van der Waals surface area contributed by atoms with E-state index in [4.69, 9.17) is 9.47 Å². The fourth-order valence-corrected chi connectivity index (χ4v) is 2.68.